The maximum Gasteiger partial charge on any atom is 0.354 e. The second-order valence-electron chi connectivity index (χ2n) is 7.49. The molecule has 34 heavy (non-hydrogen) atoms. The first-order valence-electron chi connectivity index (χ1n) is 10.3. The highest BCUT2D eigenvalue weighted by atomic mass is 19.1. The Kier molecular flexibility index (Phi) is 7.61. The lowest BCUT2D eigenvalue weighted by molar-refractivity contribution is -0.137. The minimum absolute atomic E-state index is 0.0515. The van der Waals surface area contributed by atoms with Crippen LogP contribution >= 0.6 is 0 Å². The Labute approximate surface area is 193 Å². The van der Waals surface area contributed by atoms with Crippen LogP contribution in [-0.2, 0) is 17.9 Å². The van der Waals surface area contributed by atoms with Crippen molar-refractivity contribution in [2.24, 2.45) is 0 Å². The van der Waals surface area contributed by atoms with E-state index in [1.54, 1.807) is 32.0 Å². The van der Waals surface area contributed by atoms with Crippen molar-refractivity contribution in [2.75, 3.05) is 12.4 Å². The molecule has 0 saturated heterocycles. The Bertz CT molecular complexity index is 1300. The number of halogens is 1. The van der Waals surface area contributed by atoms with Gasteiger partial charge in [0.15, 0.2) is 11.6 Å². The van der Waals surface area contributed by atoms with E-state index in [-0.39, 0.29) is 36.6 Å². The number of pyridine rings is 1. The van der Waals surface area contributed by atoms with E-state index in [1.807, 2.05) is 0 Å². The molecule has 2 N–H and O–H groups in total. The molecule has 0 spiro atoms. The largest absolute Gasteiger partial charge is 0.488 e. The zero-order valence-corrected chi connectivity index (χ0v) is 18.8. The predicted molar refractivity (Wildman–Crippen MR) is 120 cm³/mol. The third-order valence-corrected chi connectivity index (χ3v) is 4.56. The minimum atomic E-state index is -1.17. The van der Waals surface area contributed by atoms with Crippen molar-refractivity contribution in [1.82, 2.24) is 19.1 Å². The summed E-state index contributed by atoms with van der Waals surface area (Å²) in [6.45, 7) is 3.05. The second-order valence-corrected chi connectivity index (χ2v) is 7.49. The monoisotopic (exact) mass is 473 g/mol. The van der Waals surface area contributed by atoms with Gasteiger partial charge in [-0.3, -0.25) is 9.36 Å². The summed E-state index contributed by atoms with van der Waals surface area (Å²) >= 11 is 0. The van der Waals surface area contributed by atoms with Crippen LogP contribution in [0.25, 0.3) is 0 Å². The summed E-state index contributed by atoms with van der Waals surface area (Å²) in [5, 5.41) is 11.7. The maximum absolute atomic E-state index is 14.4. The molecule has 180 valence electrons. The van der Waals surface area contributed by atoms with Gasteiger partial charge in [0.25, 0.3) is 0 Å². The molecule has 2 aromatic heterocycles. The molecule has 0 bridgehead atoms. The van der Waals surface area contributed by atoms with Crippen LogP contribution in [0.15, 0.2) is 46.0 Å². The molecule has 0 aliphatic heterocycles. The lowest BCUT2D eigenvalue weighted by Gasteiger charge is -2.16. The molecule has 0 fully saturated rings. The number of methoxy groups -OCH3 is 1. The number of carboxylic acid groups (broad SMARTS) is 1. The topological polar surface area (TPSA) is 138 Å². The molecule has 0 saturated carbocycles. The van der Waals surface area contributed by atoms with Crippen LogP contribution in [0, 0.1) is 5.82 Å². The summed E-state index contributed by atoms with van der Waals surface area (Å²) in [5.41, 5.74) is -1.10. The van der Waals surface area contributed by atoms with Gasteiger partial charge in [0.05, 0.1) is 31.9 Å². The van der Waals surface area contributed by atoms with Gasteiger partial charge in [-0.15, -0.1) is 0 Å². The minimum Gasteiger partial charge on any atom is -0.488 e. The first kappa shape index (κ1) is 24.4. The van der Waals surface area contributed by atoms with Crippen LogP contribution in [0.3, 0.4) is 0 Å². The number of rotatable bonds is 10. The van der Waals surface area contributed by atoms with E-state index in [0.29, 0.717) is 11.6 Å². The molecule has 0 unspecified atom stereocenters. The Morgan fingerprint density at radius 2 is 1.94 bits per heavy atom. The van der Waals surface area contributed by atoms with Crippen molar-refractivity contribution in [3.63, 3.8) is 0 Å². The quantitative estimate of drug-likeness (QED) is 0.453. The molecule has 3 aromatic rings. The Balaban J connectivity index is 2.04. The number of ether oxygens (including phenoxy) is 2. The van der Waals surface area contributed by atoms with Crippen molar-refractivity contribution in [3.05, 3.63) is 68.9 Å². The predicted octanol–water partition coefficient (Wildman–Crippen LogP) is 2.00. The number of hydrogen-bond donors (Lipinski definition) is 2. The Hall–Kier alpha value is -4.22. The standard InChI is InChI=1S/C22H24FN5O6/c1-13(2)34-17-8-7-14(11-16(17)23)25-20-26-21(31)27(10-9-19(29)30)22(32)28(20)12-15-5-4-6-18(24-15)33-3/h4-8,11,13H,9-10,12H2,1-3H3,(H,29,30)(H,25,26,31). The van der Waals surface area contributed by atoms with Crippen LogP contribution in [-0.4, -0.2) is 43.4 Å². The zero-order chi connectivity index (χ0) is 24.8. The SMILES string of the molecule is COc1cccc(Cn2c(Nc3ccc(OC(C)C)c(F)c3)nc(=O)n(CCC(=O)O)c2=O)n1. The summed E-state index contributed by atoms with van der Waals surface area (Å²) < 4.78 is 26.8. The van der Waals surface area contributed by atoms with Gasteiger partial charge in [-0.1, -0.05) is 6.07 Å². The van der Waals surface area contributed by atoms with Gasteiger partial charge >= 0.3 is 17.3 Å². The molecule has 2 heterocycles. The van der Waals surface area contributed by atoms with E-state index in [4.69, 9.17) is 14.6 Å². The third-order valence-electron chi connectivity index (χ3n) is 4.56. The molecule has 0 radical (unpaired) electrons. The van der Waals surface area contributed by atoms with E-state index >= 15 is 0 Å². The lowest BCUT2D eigenvalue weighted by Crippen LogP contribution is -2.43. The van der Waals surface area contributed by atoms with E-state index in [1.165, 1.54) is 19.2 Å². The molecule has 3 rings (SSSR count). The summed E-state index contributed by atoms with van der Waals surface area (Å²) in [6.07, 6.45) is -0.669. The summed E-state index contributed by atoms with van der Waals surface area (Å²) in [4.78, 5) is 44.7. The summed E-state index contributed by atoms with van der Waals surface area (Å²) in [6, 6.07) is 9.02. The Morgan fingerprint density at radius 1 is 1.18 bits per heavy atom. The van der Waals surface area contributed by atoms with Crippen molar-refractivity contribution >= 4 is 17.6 Å². The molecule has 0 aliphatic rings. The van der Waals surface area contributed by atoms with Crippen molar-refractivity contribution in [2.45, 2.75) is 39.5 Å². The van der Waals surface area contributed by atoms with Crippen LogP contribution in [0.1, 0.15) is 26.0 Å². The summed E-state index contributed by atoms with van der Waals surface area (Å²) in [5.74, 6) is -1.61. The third kappa shape index (κ3) is 5.97. The average Bonchev–Trinajstić information content (AvgIpc) is 2.77. The molecule has 11 nitrogen and oxygen atoms in total. The first-order chi connectivity index (χ1) is 16.2. The number of hydrogen-bond acceptors (Lipinski definition) is 8. The molecule has 0 atom stereocenters. The molecular formula is C22H24FN5O6. The van der Waals surface area contributed by atoms with E-state index in [0.717, 1.165) is 15.2 Å². The summed E-state index contributed by atoms with van der Waals surface area (Å²) in [7, 11) is 1.44. The van der Waals surface area contributed by atoms with Gasteiger partial charge < -0.3 is 19.9 Å². The highest BCUT2D eigenvalue weighted by Crippen LogP contribution is 2.24. The van der Waals surface area contributed by atoms with Crippen molar-refractivity contribution in [1.29, 1.82) is 0 Å². The normalized spacial score (nSPS) is 10.9. The highest BCUT2D eigenvalue weighted by molar-refractivity contribution is 5.66. The number of aliphatic carboxylic acids is 1. The Morgan fingerprint density at radius 3 is 2.59 bits per heavy atom. The van der Waals surface area contributed by atoms with E-state index in [9.17, 15) is 18.8 Å². The van der Waals surface area contributed by atoms with Crippen LogP contribution in [0.2, 0.25) is 0 Å². The smallest absolute Gasteiger partial charge is 0.354 e. The maximum atomic E-state index is 14.4. The fraction of sp³-hybridized carbons (Fsp3) is 0.318. The van der Waals surface area contributed by atoms with Gasteiger partial charge in [0.1, 0.15) is 0 Å². The molecule has 0 aliphatic carbocycles. The highest BCUT2D eigenvalue weighted by Gasteiger charge is 2.16. The van der Waals surface area contributed by atoms with Crippen molar-refractivity contribution in [3.8, 4) is 11.6 Å². The number of nitrogens with one attached hydrogen (secondary N) is 1. The van der Waals surface area contributed by atoms with Gasteiger partial charge in [0, 0.05) is 24.4 Å². The molecule has 1 aromatic carbocycles. The van der Waals surface area contributed by atoms with Crippen LogP contribution in [0.4, 0.5) is 16.0 Å². The number of nitrogens with zero attached hydrogens (tertiary/aromatic N) is 4. The first-order valence-corrected chi connectivity index (χ1v) is 10.3. The van der Waals surface area contributed by atoms with Gasteiger partial charge in [-0.25, -0.2) is 23.5 Å². The van der Waals surface area contributed by atoms with Crippen molar-refractivity contribution < 1.29 is 23.8 Å². The molecular weight excluding hydrogens is 449 g/mol. The van der Waals surface area contributed by atoms with Gasteiger partial charge in [-0.05, 0) is 32.0 Å². The van der Waals surface area contributed by atoms with Crippen LogP contribution < -0.4 is 26.2 Å². The van der Waals surface area contributed by atoms with Crippen LogP contribution in [0.5, 0.6) is 11.6 Å². The average molecular weight is 473 g/mol. The second kappa shape index (κ2) is 10.6. The fourth-order valence-electron chi connectivity index (χ4n) is 3.04. The van der Waals surface area contributed by atoms with Gasteiger partial charge in [0.2, 0.25) is 11.8 Å². The molecule has 12 heteroatoms. The number of carboxylic acids is 1. The number of anilines is 2. The van der Waals surface area contributed by atoms with Gasteiger partial charge in [-0.2, -0.15) is 4.98 Å². The zero-order valence-electron chi connectivity index (χ0n) is 18.8. The fourth-order valence-corrected chi connectivity index (χ4v) is 3.04. The number of benzene rings is 1. The lowest BCUT2D eigenvalue weighted by atomic mass is 10.3. The number of carbonyl (C=O) groups is 1. The molecule has 0 amide bonds. The van der Waals surface area contributed by atoms with E-state index < -0.39 is 29.6 Å². The van der Waals surface area contributed by atoms with E-state index in [2.05, 4.69) is 15.3 Å². The number of aromatic nitrogens is 4.